The van der Waals surface area contributed by atoms with Crippen molar-refractivity contribution in [1.82, 2.24) is 14.5 Å². The van der Waals surface area contributed by atoms with Crippen LogP contribution < -0.4 is 9.46 Å². The van der Waals surface area contributed by atoms with Gasteiger partial charge in [0.05, 0.1) is 6.61 Å². The lowest BCUT2D eigenvalue weighted by Gasteiger charge is -2.12. The first-order chi connectivity index (χ1) is 11.7. The Morgan fingerprint density at radius 3 is 2.68 bits per heavy atom. The molecule has 1 aromatic heterocycles. The molecule has 0 fully saturated rings. The van der Waals surface area contributed by atoms with Gasteiger partial charge < -0.3 is 9.47 Å². The molecule has 0 spiro atoms. The van der Waals surface area contributed by atoms with E-state index < -0.39 is 21.9 Å². The molecule has 1 N–H and O–H groups in total. The topological polar surface area (TPSA) is 99.5 Å². The summed E-state index contributed by atoms with van der Waals surface area (Å²) < 4.78 is 51.0. The van der Waals surface area contributed by atoms with E-state index in [9.17, 15) is 17.6 Å². The normalized spacial score (nSPS) is 11.4. The van der Waals surface area contributed by atoms with E-state index in [4.69, 9.17) is 21.1 Å². The number of ether oxygens (including phenoxy) is 2. The standard InChI is InChI=1S/C14H15ClFN3O5S/c1-19-13(16)8-10(17-19)14(20)18-25(21,22)12-7-9(15)3-4-11(12)24-6-5-23-2/h3-4,7-8H,5-6H2,1-2H3,(H,18,20). The second-order valence-corrected chi connectivity index (χ2v) is 6.93. The second kappa shape index (κ2) is 7.81. The minimum atomic E-state index is -4.32. The molecule has 11 heteroatoms. The van der Waals surface area contributed by atoms with Gasteiger partial charge in [-0.15, -0.1) is 0 Å². The summed E-state index contributed by atoms with van der Waals surface area (Å²) in [5.74, 6) is -1.87. The third kappa shape index (κ3) is 4.68. The highest BCUT2D eigenvalue weighted by atomic mass is 35.5. The number of benzene rings is 1. The van der Waals surface area contributed by atoms with E-state index in [2.05, 4.69) is 5.10 Å². The van der Waals surface area contributed by atoms with Gasteiger partial charge in [0.1, 0.15) is 17.3 Å². The molecule has 2 rings (SSSR count). The molecule has 0 aliphatic rings. The highest BCUT2D eigenvalue weighted by Crippen LogP contribution is 2.27. The molecule has 0 aliphatic heterocycles. The van der Waals surface area contributed by atoms with E-state index in [-0.39, 0.29) is 34.6 Å². The van der Waals surface area contributed by atoms with Crippen LogP contribution in [-0.4, -0.2) is 44.4 Å². The molecule has 1 heterocycles. The molecule has 0 bridgehead atoms. The largest absolute Gasteiger partial charge is 0.490 e. The van der Waals surface area contributed by atoms with Gasteiger partial charge in [-0.05, 0) is 18.2 Å². The van der Waals surface area contributed by atoms with Crippen LogP contribution >= 0.6 is 11.6 Å². The average molecular weight is 392 g/mol. The Bertz CT molecular complexity index is 865. The lowest BCUT2D eigenvalue weighted by atomic mass is 10.3. The van der Waals surface area contributed by atoms with Gasteiger partial charge in [0, 0.05) is 25.2 Å². The summed E-state index contributed by atoms with van der Waals surface area (Å²) in [4.78, 5) is 11.7. The van der Waals surface area contributed by atoms with Crippen LogP contribution in [0.2, 0.25) is 5.02 Å². The van der Waals surface area contributed by atoms with Crippen molar-refractivity contribution in [2.75, 3.05) is 20.3 Å². The minimum Gasteiger partial charge on any atom is -0.490 e. The predicted molar refractivity (Wildman–Crippen MR) is 86.6 cm³/mol. The zero-order chi connectivity index (χ0) is 18.6. The number of methoxy groups -OCH3 is 1. The third-order valence-electron chi connectivity index (χ3n) is 3.02. The number of carbonyl (C=O) groups is 1. The van der Waals surface area contributed by atoms with Gasteiger partial charge in [-0.25, -0.2) is 17.8 Å². The Morgan fingerprint density at radius 1 is 1.36 bits per heavy atom. The Morgan fingerprint density at radius 2 is 2.08 bits per heavy atom. The molecule has 1 amide bonds. The van der Waals surface area contributed by atoms with E-state index in [0.29, 0.717) is 0 Å². The molecule has 0 saturated carbocycles. The first-order valence-electron chi connectivity index (χ1n) is 6.92. The third-order valence-corrected chi connectivity index (χ3v) is 4.61. The van der Waals surface area contributed by atoms with Gasteiger partial charge in [-0.2, -0.15) is 9.49 Å². The summed E-state index contributed by atoms with van der Waals surface area (Å²) in [5.41, 5.74) is -0.382. The van der Waals surface area contributed by atoms with Crippen molar-refractivity contribution in [3.8, 4) is 5.75 Å². The number of rotatable bonds is 7. The number of aryl methyl sites for hydroxylation is 1. The Balaban J connectivity index is 2.28. The zero-order valence-electron chi connectivity index (χ0n) is 13.3. The van der Waals surface area contributed by atoms with Crippen LogP contribution in [0.5, 0.6) is 5.75 Å². The maximum absolute atomic E-state index is 13.3. The van der Waals surface area contributed by atoms with Crippen molar-refractivity contribution in [3.05, 3.63) is 40.9 Å². The van der Waals surface area contributed by atoms with Gasteiger partial charge in [-0.3, -0.25) is 4.79 Å². The Hall–Kier alpha value is -2.17. The number of hydrogen-bond acceptors (Lipinski definition) is 6. The summed E-state index contributed by atoms with van der Waals surface area (Å²) in [6, 6.07) is 4.76. The highest BCUT2D eigenvalue weighted by molar-refractivity contribution is 7.90. The van der Waals surface area contributed by atoms with Crippen molar-refractivity contribution < 1.29 is 27.1 Å². The number of nitrogens with one attached hydrogen (secondary N) is 1. The molecular weight excluding hydrogens is 377 g/mol. The number of aromatic nitrogens is 2. The first-order valence-corrected chi connectivity index (χ1v) is 8.78. The molecule has 0 atom stereocenters. The lowest BCUT2D eigenvalue weighted by Crippen LogP contribution is -2.31. The summed E-state index contributed by atoms with van der Waals surface area (Å²) in [7, 11) is -1.58. The minimum absolute atomic E-state index is 0.00560. The van der Waals surface area contributed by atoms with E-state index in [1.807, 2.05) is 4.72 Å². The summed E-state index contributed by atoms with van der Waals surface area (Å²) in [6.45, 7) is 0.335. The Labute approximate surface area is 148 Å². The maximum atomic E-state index is 13.3. The molecule has 1 aromatic carbocycles. The SMILES string of the molecule is COCCOc1ccc(Cl)cc1S(=O)(=O)NC(=O)c1cc(F)n(C)n1. The number of amides is 1. The zero-order valence-corrected chi connectivity index (χ0v) is 14.9. The van der Waals surface area contributed by atoms with Crippen molar-refractivity contribution >= 4 is 27.5 Å². The number of hydrogen-bond donors (Lipinski definition) is 1. The molecular formula is C14H15ClFN3O5S. The van der Waals surface area contributed by atoms with Crippen molar-refractivity contribution in [1.29, 1.82) is 0 Å². The van der Waals surface area contributed by atoms with Crippen molar-refractivity contribution in [3.63, 3.8) is 0 Å². The molecule has 0 unspecified atom stereocenters. The second-order valence-electron chi connectivity index (χ2n) is 4.84. The van der Waals surface area contributed by atoms with Crippen LogP contribution in [0.4, 0.5) is 4.39 Å². The molecule has 2 aromatic rings. The van der Waals surface area contributed by atoms with Crippen LogP contribution in [0.15, 0.2) is 29.2 Å². The van der Waals surface area contributed by atoms with Gasteiger partial charge in [0.2, 0.25) is 5.95 Å². The van der Waals surface area contributed by atoms with Crippen LogP contribution in [0.1, 0.15) is 10.5 Å². The fourth-order valence-electron chi connectivity index (χ4n) is 1.83. The van der Waals surface area contributed by atoms with Crippen LogP contribution in [0.3, 0.4) is 0 Å². The summed E-state index contributed by atoms with van der Waals surface area (Å²) >= 11 is 5.84. The highest BCUT2D eigenvalue weighted by Gasteiger charge is 2.25. The van der Waals surface area contributed by atoms with E-state index >= 15 is 0 Å². The lowest BCUT2D eigenvalue weighted by molar-refractivity contribution is 0.0975. The monoisotopic (exact) mass is 391 g/mol. The molecule has 0 saturated heterocycles. The van der Waals surface area contributed by atoms with E-state index in [0.717, 1.165) is 16.8 Å². The smallest absolute Gasteiger partial charge is 0.285 e. The van der Waals surface area contributed by atoms with Gasteiger partial charge in [0.15, 0.2) is 5.69 Å². The molecule has 8 nitrogen and oxygen atoms in total. The summed E-state index contributed by atoms with van der Waals surface area (Å²) in [6.07, 6.45) is 0. The predicted octanol–water partition coefficient (Wildman–Crippen LogP) is 1.36. The van der Waals surface area contributed by atoms with Gasteiger partial charge in [0.25, 0.3) is 15.9 Å². The molecule has 136 valence electrons. The number of carbonyl (C=O) groups excluding carboxylic acids is 1. The number of nitrogens with zero attached hydrogens (tertiary/aromatic N) is 2. The number of sulfonamides is 1. The molecule has 25 heavy (non-hydrogen) atoms. The number of halogens is 2. The average Bonchev–Trinajstić information content (AvgIpc) is 2.88. The molecule has 0 aliphatic carbocycles. The maximum Gasteiger partial charge on any atom is 0.285 e. The summed E-state index contributed by atoms with van der Waals surface area (Å²) in [5, 5.41) is 3.71. The van der Waals surface area contributed by atoms with Crippen LogP contribution in [0, 0.1) is 5.95 Å². The van der Waals surface area contributed by atoms with Crippen LogP contribution in [-0.2, 0) is 21.8 Å². The van der Waals surface area contributed by atoms with Gasteiger partial charge in [-0.1, -0.05) is 11.6 Å². The van der Waals surface area contributed by atoms with Crippen molar-refractivity contribution in [2.45, 2.75) is 4.90 Å². The fraction of sp³-hybridized carbons (Fsp3) is 0.286. The first kappa shape index (κ1) is 19.2. The van der Waals surface area contributed by atoms with Crippen LogP contribution in [0.25, 0.3) is 0 Å². The van der Waals surface area contributed by atoms with Crippen molar-refractivity contribution in [2.24, 2.45) is 7.05 Å². The molecule has 0 radical (unpaired) electrons. The Kier molecular flexibility index (Phi) is 5.98. The van der Waals surface area contributed by atoms with E-state index in [1.165, 1.54) is 26.3 Å². The van der Waals surface area contributed by atoms with E-state index in [1.54, 1.807) is 0 Å². The fourth-order valence-corrected chi connectivity index (χ4v) is 3.20. The van der Waals surface area contributed by atoms with Gasteiger partial charge >= 0.3 is 0 Å². The quantitative estimate of drug-likeness (QED) is 0.715.